The number of hydrogen-bond acceptors (Lipinski definition) is 4. The molecule has 1 aliphatic rings. The van der Waals surface area contributed by atoms with Crippen LogP contribution >= 0.6 is 0 Å². The van der Waals surface area contributed by atoms with Gasteiger partial charge in [0.25, 0.3) is 0 Å². The molecule has 0 spiro atoms. The second-order valence-corrected chi connectivity index (χ2v) is 6.00. The summed E-state index contributed by atoms with van der Waals surface area (Å²) in [6, 6.07) is 6.24. The zero-order valence-electron chi connectivity index (χ0n) is 13.0. The number of nitrogens with one attached hydrogen (secondary N) is 1. The first-order valence-corrected chi connectivity index (χ1v) is 7.69. The molecule has 0 bridgehead atoms. The summed E-state index contributed by atoms with van der Waals surface area (Å²) in [5.41, 5.74) is 1.17. The van der Waals surface area contributed by atoms with Gasteiger partial charge < -0.3 is 9.73 Å². The van der Waals surface area contributed by atoms with Crippen molar-refractivity contribution < 1.29 is 9.21 Å². The fourth-order valence-electron chi connectivity index (χ4n) is 2.85. The lowest BCUT2D eigenvalue weighted by Crippen LogP contribution is -2.42. The summed E-state index contributed by atoms with van der Waals surface area (Å²) >= 11 is 0. The minimum absolute atomic E-state index is 0.0217. The van der Waals surface area contributed by atoms with Gasteiger partial charge in [-0.15, -0.1) is 0 Å². The molecule has 0 fully saturated rings. The summed E-state index contributed by atoms with van der Waals surface area (Å²) in [6.07, 6.45) is 3.85. The van der Waals surface area contributed by atoms with Crippen LogP contribution in [-0.2, 0) is 17.9 Å². The van der Waals surface area contributed by atoms with E-state index >= 15 is 0 Å². The van der Waals surface area contributed by atoms with Crippen molar-refractivity contribution in [2.24, 2.45) is 0 Å². The molecule has 3 heterocycles. The minimum atomic E-state index is 0.0217. The molecule has 2 aromatic heterocycles. The van der Waals surface area contributed by atoms with Gasteiger partial charge in [-0.3, -0.25) is 14.4 Å². The first-order chi connectivity index (χ1) is 10.6. The summed E-state index contributed by atoms with van der Waals surface area (Å²) in [5.74, 6) is 0.786. The Morgan fingerprint density at radius 3 is 3.09 bits per heavy atom. The quantitative estimate of drug-likeness (QED) is 0.917. The van der Waals surface area contributed by atoms with Crippen LogP contribution in [0.25, 0.3) is 0 Å². The number of furan rings is 1. The van der Waals surface area contributed by atoms with Gasteiger partial charge in [-0.2, -0.15) is 5.10 Å². The molecule has 0 aliphatic carbocycles. The molecule has 0 aromatic carbocycles. The lowest BCUT2D eigenvalue weighted by molar-refractivity contribution is -0.122. The lowest BCUT2D eigenvalue weighted by Gasteiger charge is -2.36. The van der Waals surface area contributed by atoms with Gasteiger partial charge in [-0.25, -0.2) is 0 Å². The molecule has 1 atom stereocenters. The van der Waals surface area contributed by atoms with Crippen molar-refractivity contribution in [3.05, 3.63) is 42.1 Å². The van der Waals surface area contributed by atoms with Gasteiger partial charge in [0.05, 0.1) is 31.0 Å². The van der Waals surface area contributed by atoms with Crippen molar-refractivity contribution in [1.82, 2.24) is 20.0 Å². The van der Waals surface area contributed by atoms with E-state index in [1.807, 2.05) is 29.1 Å². The molecule has 6 heteroatoms. The predicted octanol–water partition coefficient (Wildman–Crippen LogP) is 1.95. The van der Waals surface area contributed by atoms with Crippen molar-refractivity contribution in [3.63, 3.8) is 0 Å². The fourth-order valence-corrected chi connectivity index (χ4v) is 2.85. The Bertz CT molecular complexity index is 618. The normalized spacial score (nSPS) is 18.4. The molecule has 0 saturated heterocycles. The van der Waals surface area contributed by atoms with Crippen LogP contribution in [0.5, 0.6) is 0 Å². The monoisotopic (exact) mass is 302 g/mol. The maximum Gasteiger partial charge on any atom is 0.222 e. The summed E-state index contributed by atoms with van der Waals surface area (Å²) < 4.78 is 7.22. The molecule has 1 amide bonds. The van der Waals surface area contributed by atoms with E-state index in [9.17, 15) is 4.79 Å². The van der Waals surface area contributed by atoms with Crippen LogP contribution in [-0.4, -0.2) is 33.2 Å². The Kier molecular flexibility index (Phi) is 4.29. The van der Waals surface area contributed by atoms with Crippen LogP contribution in [0, 0.1) is 0 Å². The third-order valence-corrected chi connectivity index (χ3v) is 4.10. The Labute approximate surface area is 130 Å². The van der Waals surface area contributed by atoms with Gasteiger partial charge in [0.1, 0.15) is 5.76 Å². The number of carbonyl (C=O) groups is 1. The second kappa shape index (κ2) is 6.36. The van der Waals surface area contributed by atoms with Crippen LogP contribution in [0.2, 0.25) is 0 Å². The number of amides is 1. The maximum atomic E-state index is 12.2. The molecule has 118 valence electrons. The highest BCUT2D eigenvalue weighted by Gasteiger charge is 2.28. The van der Waals surface area contributed by atoms with E-state index < -0.39 is 0 Å². The van der Waals surface area contributed by atoms with Crippen molar-refractivity contribution in [2.75, 3.05) is 6.54 Å². The summed E-state index contributed by atoms with van der Waals surface area (Å²) in [7, 11) is 0. The van der Waals surface area contributed by atoms with E-state index in [0.717, 1.165) is 18.8 Å². The average molecular weight is 302 g/mol. The van der Waals surface area contributed by atoms with E-state index in [0.29, 0.717) is 19.0 Å². The summed E-state index contributed by atoms with van der Waals surface area (Å²) in [4.78, 5) is 14.6. The van der Waals surface area contributed by atoms with Gasteiger partial charge in [0, 0.05) is 25.3 Å². The summed E-state index contributed by atoms with van der Waals surface area (Å²) in [6.45, 7) is 6.53. The van der Waals surface area contributed by atoms with Crippen molar-refractivity contribution in [2.45, 2.75) is 45.4 Å². The van der Waals surface area contributed by atoms with Crippen LogP contribution in [0.15, 0.2) is 35.1 Å². The highest BCUT2D eigenvalue weighted by Crippen LogP contribution is 2.24. The molecule has 1 aliphatic heterocycles. The molecule has 0 unspecified atom stereocenters. The van der Waals surface area contributed by atoms with Crippen LogP contribution < -0.4 is 5.32 Å². The number of aromatic nitrogens is 2. The van der Waals surface area contributed by atoms with Crippen molar-refractivity contribution in [3.8, 4) is 0 Å². The van der Waals surface area contributed by atoms with Crippen LogP contribution in [0.1, 0.15) is 37.8 Å². The number of nitrogens with zero attached hydrogens (tertiary/aromatic N) is 3. The van der Waals surface area contributed by atoms with Crippen molar-refractivity contribution >= 4 is 5.91 Å². The minimum Gasteiger partial charge on any atom is -0.467 e. The van der Waals surface area contributed by atoms with E-state index in [1.165, 1.54) is 5.69 Å². The molecule has 0 radical (unpaired) electrons. The van der Waals surface area contributed by atoms with Crippen LogP contribution in [0.3, 0.4) is 0 Å². The topological polar surface area (TPSA) is 63.3 Å². The second-order valence-electron chi connectivity index (χ2n) is 6.00. The third kappa shape index (κ3) is 3.22. The highest BCUT2D eigenvalue weighted by atomic mass is 16.3. The van der Waals surface area contributed by atoms with Gasteiger partial charge in [-0.05, 0) is 32.0 Å². The molecule has 6 nitrogen and oxygen atoms in total. The number of rotatable bonds is 5. The third-order valence-electron chi connectivity index (χ3n) is 4.10. The molecule has 22 heavy (non-hydrogen) atoms. The zero-order chi connectivity index (χ0) is 15.5. The molecular formula is C16H22N4O2. The Morgan fingerprint density at radius 2 is 2.36 bits per heavy atom. The van der Waals surface area contributed by atoms with Gasteiger partial charge in [0.2, 0.25) is 5.91 Å². The van der Waals surface area contributed by atoms with E-state index in [2.05, 4.69) is 29.2 Å². The number of hydrogen-bond donors (Lipinski definition) is 1. The summed E-state index contributed by atoms with van der Waals surface area (Å²) in [5, 5.41) is 7.29. The lowest BCUT2D eigenvalue weighted by atomic mass is 10.1. The Morgan fingerprint density at radius 1 is 1.50 bits per heavy atom. The molecule has 1 N–H and O–H groups in total. The first kappa shape index (κ1) is 14.8. The zero-order valence-corrected chi connectivity index (χ0v) is 13.0. The first-order valence-electron chi connectivity index (χ1n) is 7.69. The average Bonchev–Trinajstić information content (AvgIpc) is 3.16. The number of carbonyl (C=O) groups excluding carboxylic acids is 1. The standard InChI is InChI=1S/C16H22N4O2/c1-12(2)19-10-13-5-6-18-20(13)14(11-19)8-16(21)17-9-15-4-3-7-22-15/h3-7,12,14H,8-11H2,1-2H3,(H,17,21)/t14-/m0/s1. The molecule has 0 saturated carbocycles. The van der Waals surface area contributed by atoms with E-state index in [-0.39, 0.29) is 11.9 Å². The SMILES string of the molecule is CC(C)N1Cc2ccnn2[C@@H](CC(=O)NCc2ccco2)C1. The van der Waals surface area contributed by atoms with Crippen molar-refractivity contribution in [1.29, 1.82) is 0 Å². The number of fused-ring (bicyclic) bond motifs is 1. The van der Waals surface area contributed by atoms with Crippen LogP contribution in [0.4, 0.5) is 0 Å². The molecule has 3 rings (SSSR count). The Hall–Kier alpha value is -2.08. The maximum absolute atomic E-state index is 12.2. The molecular weight excluding hydrogens is 280 g/mol. The predicted molar refractivity (Wildman–Crippen MR) is 82.0 cm³/mol. The highest BCUT2D eigenvalue weighted by molar-refractivity contribution is 5.76. The van der Waals surface area contributed by atoms with Gasteiger partial charge >= 0.3 is 0 Å². The largest absolute Gasteiger partial charge is 0.467 e. The van der Waals surface area contributed by atoms with E-state index in [1.54, 1.807) is 6.26 Å². The molecule has 2 aromatic rings. The van der Waals surface area contributed by atoms with E-state index in [4.69, 9.17) is 4.42 Å². The smallest absolute Gasteiger partial charge is 0.222 e. The fraction of sp³-hybridized carbons (Fsp3) is 0.500. The Balaban J connectivity index is 1.62. The van der Waals surface area contributed by atoms with Gasteiger partial charge in [-0.1, -0.05) is 0 Å². The van der Waals surface area contributed by atoms with Gasteiger partial charge in [0.15, 0.2) is 0 Å².